The lowest BCUT2D eigenvalue weighted by Crippen LogP contribution is -2.61. The largest absolute Gasteiger partial charge is 0.311 e. The summed E-state index contributed by atoms with van der Waals surface area (Å²) in [6.07, 6.45) is 2.40. The van der Waals surface area contributed by atoms with Gasteiger partial charge in [0.05, 0.1) is 5.00 Å². The van der Waals surface area contributed by atoms with E-state index in [2.05, 4.69) is 212 Å². The van der Waals surface area contributed by atoms with Gasteiger partial charge in [-0.05, 0) is 162 Å². The molecule has 0 unspecified atom stereocenters. The van der Waals surface area contributed by atoms with Gasteiger partial charge in [0.15, 0.2) is 0 Å². The molecule has 0 spiro atoms. The molecule has 3 heterocycles. The Morgan fingerprint density at radius 1 is 0.492 bits per heavy atom. The molecule has 0 amide bonds. The third-order valence-corrected chi connectivity index (χ3v) is 15.8. The van der Waals surface area contributed by atoms with Gasteiger partial charge in [-0.2, -0.15) is 0 Å². The Morgan fingerprint density at radius 2 is 0.984 bits per heavy atom. The monoisotopic (exact) mass is 825 g/mol. The van der Waals surface area contributed by atoms with Crippen molar-refractivity contribution in [2.75, 3.05) is 9.80 Å². The van der Waals surface area contributed by atoms with Crippen LogP contribution in [0, 0.1) is 6.92 Å². The maximum atomic E-state index is 2.70. The zero-order chi connectivity index (χ0) is 44.1. The molecular formula is C57H69BN2S. The van der Waals surface area contributed by atoms with E-state index < -0.39 is 0 Å². The van der Waals surface area contributed by atoms with E-state index in [-0.39, 0.29) is 39.2 Å². The van der Waals surface area contributed by atoms with Crippen molar-refractivity contribution in [2.45, 2.75) is 163 Å². The molecule has 0 saturated heterocycles. The lowest BCUT2D eigenvalue weighted by atomic mass is 9.33. The molecule has 6 aromatic rings. The predicted molar refractivity (Wildman–Crippen MR) is 271 cm³/mol. The van der Waals surface area contributed by atoms with Crippen LogP contribution >= 0.6 is 11.3 Å². The van der Waals surface area contributed by atoms with Crippen LogP contribution in [0.2, 0.25) is 0 Å². The molecule has 0 saturated carbocycles. The van der Waals surface area contributed by atoms with Gasteiger partial charge in [0.25, 0.3) is 6.71 Å². The molecule has 0 radical (unpaired) electrons. The van der Waals surface area contributed by atoms with Crippen molar-refractivity contribution in [1.82, 2.24) is 0 Å². The summed E-state index contributed by atoms with van der Waals surface area (Å²) in [5.74, 6) is 0. The molecule has 2 aliphatic heterocycles. The average molecular weight is 825 g/mol. The molecule has 2 nitrogen and oxygen atoms in total. The van der Waals surface area contributed by atoms with Crippen LogP contribution in [-0.2, 0) is 32.5 Å². The topological polar surface area (TPSA) is 6.48 Å². The first-order valence-electron chi connectivity index (χ1n) is 22.9. The van der Waals surface area contributed by atoms with E-state index in [9.17, 15) is 0 Å². The van der Waals surface area contributed by atoms with Crippen LogP contribution in [-0.4, -0.2) is 6.71 Å². The van der Waals surface area contributed by atoms with Crippen LogP contribution in [0.3, 0.4) is 0 Å². The van der Waals surface area contributed by atoms with E-state index in [0.29, 0.717) is 0 Å². The zero-order valence-electron chi connectivity index (χ0n) is 40.4. The summed E-state index contributed by atoms with van der Waals surface area (Å²) in [5.41, 5.74) is 20.8. The first-order chi connectivity index (χ1) is 28.2. The van der Waals surface area contributed by atoms with Gasteiger partial charge in [0.1, 0.15) is 0 Å². The lowest BCUT2D eigenvalue weighted by molar-refractivity contribution is 0.332. The van der Waals surface area contributed by atoms with Gasteiger partial charge in [-0.25, -0.2) is 0 Å². The van der Waals surface area contributed by atoms with Crippen LogP contribution in [0.25, 0.3) is 10.1 Å². The molecular weight excluding hydrogens is 756 g/mol. The predicted octanol–water partition coefficient (Wildman–Crippen LogP) is 14.8. The highest BCUT2D eigenvalue weighted by atomic mass is 32.1. The van der Waals surface area contributed by atoms with Gasteiger partial charge < -0.3 is 9.80 Å². The summed E-state index contributed by atoms with van der Waals surface area (Å²) < 4.78 is 1.41. The molecule has 3 aliphatic rings. The van der Waals surface area contributed by atoms with E-state index in [1.807, 2.05) is 11.3 Å². The Morgan fingerprint density at radius 3 is 1.52 bits per heavy atom. The number of thiophene rings is 1. The van der Waals surface area contributed by atoms with Gasteiger partial charge in [-0.1, -0.05) is 147 Å². The number of hydrogen-bond acceptors (Lipinski definition) is 3. The van der Waals surface area contributed by atoms with E-state index in [0.717, 1.165) is 0 Å². The number of hydrogen-bond donors (Lipinski definition) is 0. The van der Waals surface area contributed by atoms with Crippen molar-refractivity contribution in [3.05, 3.63) is 124 Å². The summed E-state index contributed by atoms with van der Waals surface area (Å²) in [6, 6.07) is 34.5. The van der Waals surface area contributed by atoms with Crippen molar-refractivity contribution in [3.63, 3.8) is 0 Å². The Kier molecular flexibility index (Phi) is 9.22. The summed E-state index contributed by atoms with van der Waals surface area (Å²) in [4.78, 5) is 5.31. The molecule has 1 aliphatic carbocycles. The van der Waals surface area contributed by atoms with Crippen LogP contribution in [0.15, 0.2) is 84.9 Å². The second kappa shape index (κ2) is 13.4. The summed E-state index contributed by atoms with van der Waals surface area (Å²) in [6.45, 7) is 40.5. The molecule has 4 heteroatoms. The fourth-order valence-electron chi connectivity index (χ4n) is 10.5. The molecule has 5 aromatic carbocycles. The number of fused-ring (bicyclic) bond motifs is 7. The number of benzene rings is 5. The summed E-state index contributed by atoms with van der Waals surface area (Å²) in [5, 5.41) is 2.79. The summed E-state index contributed by atoms with van der Waals surface area (Å²) >= 11 is 2.02. The highest BCUT2D eigenvalue weighted by Gasteiger charge is 2.47. The molecule has 0 fully saturated rings. The van der Waals surface area contributed by atoms with Crippen molar-refractivity contribution >= 4 is 78.0 Å². The second-order valence-corrected chi connectivity index (χ2v) is 25.4. The van der Waals surface area contributed by atoms with E-state index in [4.69, 9.17) is 0 Å². The maximum absolute atomic E-state index is 2.70. The maximum Gasteiger partial charge on any atom is 0.254 e. The van der Waals surface area contributed by atoms with Crippen molar-refractivity contribution < 1.29 is 0 Å². The molecule has 61 heavy (non-hydrogen) atoms. The van der Waals surface area contributed by atoms with Gasteiger partial charge in [0, 0.05) is 33.1 Å². The highest BCUT2D eigenvalue weighted by Crippen LogP contribution is 2.53. The zero-order valence-corrected chi connectivity index (χ0v) is 41.2. The van der Waals surface area contributed by atoms with E-state index >= 15 is 0 Å². The second-order valence-electron chi connectivity index (χ2n) is 24.3. The number of rotatable bonds is 2. The van der Waals surface area contributed by atoms with Crippen LogP contribution < -0.4 is 26.2 Å². The average Bonchev–Trinajstić information content (AvgIpc) is 3.53. The first-order valence-corrected chi connectivity index (χ1v) is 23.7. The number of nitrogens with zero attached hydrogens (tertiary/aromatic N) is 2. The van der Waals surface area contributed by atoms with E-state index in [1.165, 1.54) is 112 Å². The van der Waals surface area contributed by atoms with Crippen molar-refractivity contribution in [1.29, 1.82) is 0 Å². The Bertz CT molecular complexity index is 2750. The third kappa shape index (κ3) is 6.72. The van der Waals surface area contributed by atoms with Gasteiger partial charge in [-0.15, -0.1) is 11.3 Å². The highest BCUT2D eigenvalue weighted by molar-refractivity contribution is 7.26. The van der Waals surface area contributed by atoms with E-state index in [1.54, 1.807) is 0 Å². The lowest BCUT2D eigenvalue weighted by Gasteiger charge is -2.45. The fraction of sp³-hybridized carbons (Fsp3) is 0.439. The minimum absolute atomic E-state index is 0.00570. The quantitative estimate of drug-likeness (QED) is 0.160. The van der Waals surface area contributed by atoms with Gasteiger partial charge in [-0.3, -0.25) is 0 Å². The van der Waals surface area contributed by atoms with Crippen LogP contribution in [0.1, 0.15) is 163 Å². The minimum Gasteiger partial charge on any atom is -0.311 e. The normalized spacial score (nSPS) is 17.0. The van der Waals surface area contributed by atoms with Crippen LogP contribution in [0.4, 0.5) is 33.4 Å². The smallest absolute Gasteiger partial charge is 0.254 e. The minimum atomic E-state index is -0.0768. The molecule has 0 N–H and O–H groups in total. The Labute approximate surface area is 372 Å². The molecule has 1 aromatic heterocycles. The summed E-state index contributed by atoms with van der Waals surface area (Å²) in [7, 11) is 0. The molecule has 316 valence electrons. The molecule has 0 bridgehead atoms. The fourth-order valence-corrected chi connectivity index (χ4v) is 11.8. The first kappa shape index (κ1) is 42.0. The Balaban J connectivity index is 1.45. The van der Waals surface area contributed by atoms with Crippen molar-refractivity contribution in [2.24, 2.45) is 0 Å². The Hall–Kier alpha value is -4.28. The van der Waals surface area contributed by atoms with Crippen LogP contribution in [0.5, 0.6) is 0 Å². The third-order valence-electron chi connectivity index (χ3n) is 14.7. The molecule has 9 rings (SSSR count). The van der Waals surface area contributed by atoms with Gasteiger partial charge >= 0.3 is 0 Å². The number of aryl methyl sites for hydroxylation is 1. The standard InChI is InChI=1S/C57H69BN2S/c1-34-28-36(53(5,6)7)20-24-44(34)60-47-31-38(55(11,12)13)30-46-50(47)58(49-40-32-41-42(33-48(40)61-51(49)60)57(16,17)27-26-56(41,14)15)43-29-37(54(8,9)10)21-25-45(43)59(46)39-22-18-35(19-23-39)52(2,3)4/h18-25,28-33H,26-27H2,1-17H3. The molecule has 0 atom stereocenters. The number of anilines is 6. The van der Waals surface area contributed by atoms with Gasteiger partial charge in [0.2, 0.25) is 0 Å². The SMILES string of the molecule is Cc1cc(C(C)(C)C)ccc1N1c2cc(C(C)(C)C)cc3c2B(c2cc(C(C)(C)C)ccc2N3c2ccc(C(C)(C)C)cc2)c2c1sc1cc3c(cc21)C(C)(C)CCC3(C)C. The van der Waals surface area contributed by atoms with Crippen molar-refractivity contribution in [3.8, 4) is 0 Å².